The van der Waals surface area contributed by atoms with Crippen molar-refractivity contribution >= 4 is 28.5 Å². The van der Waals surface area contributed by atoms with E-state index in [1.54, 1.807) is 6.92 Å². The number of methoxy groups -OCH3 is 1. The smallest absolute Gasteiger partial charge is 0.412 e. The summed E-state index contributed by atoms with van der Waals surface area (Å²) in [5.41, 5.74) is 2.85. The lowest BCUT2D eigenvalue weighted by molar-refractivity contribution is -0.144. The Bertz CT molecular complexity index is 1510. The third-order valence-electron chi connectivity index (χ3n) is 6.18. The first-order valence-electron chi connectivity index (χ1n) is 11.6. The molecule has 0 bridgehead atoms. The van der Waals surface area contributed by atoms with E-state index in [9.17, 15) is 9.59 Å². The first-order chi connectivity index (χ1) is 17.5. The Labute approximate surface area is 208 Å². The van der Waals surface area contributed by atoms with Crippen LogP contribution in [-0.2, 0) is 20.9 Å². The van der Waals surface area contributed by atoms with Gasteiger partial charge in [-0.15, -0.1) is 0 Å². The highest BCUT2D eigenvalue weighted by Crippen LogP contribution is 2.46. The van der Waals surface area contributed by atoms with E-state index in [-0.39, 0.29) is 12.6 Å². The maximum absolute atomic E-state index is 12.4. The fraction of sp³-hybridized carbons (Fsp3) is 0.207. The van der Waals surface area contributed by atoms with Crippen molar-refractivity contribution in [3.63, 3.8) is 0 Å². The van der Waals surface area contributed by atoms with E-state index >= 15 is 0 Å². The van der Waals surface area contributed by atoms with Crippen LogP contribution in [0.1, 0.15) is 29.7 Å². The highest BCUT2D eigenvalue weighted by Gasteiger charge is 2.50. The van der Waals surface area contributed by atoms with Crippen LogP contribution in [0.4, 0.5) is 10.5 Å². The van der Waals surface area contributed by atoms with Gasteiger partial charge in [0.25, 0.3) is 0 Å². The van der Waals surface area contributed by atoms with Gasteiger partial charge in [-0.2, -0.15) is 0 Å². The average Bonchev–Trinajstić information content (AvgIpc) is 3.63. The summed E-state index contributed by atoms with van der Waals surface area (Å²) in [6.07, 6.45) is 0.878. The SMILES string of the molecule is COC(=O)C1(C#Cc2ccc3cc(-c4onc(C)c4NC(=O)OCc4ccccc4)ccc3c2)CC1. The molecule has 0 atom stereocenters. The van der Waals surface area contributed by atoms with Gasteiger partial charge in [0.15, 0.2) is 5.76 Å². The quantitative estimate of drug-likeness (QED) is 0.284. The molecule has 7 heteroatoms. The van der Waals surface area contributed by atoms with Crippen LogP contribution in [0.3, 0.4) is 0 Å². The molecule has 1 aliphatic carbocycles. The van der Waals surface area contributed by atoms with Crippen molar-refractivity contribution < 1.29 is 23.6 Å². The Morgan fingerprint density at radius 2 is 1.81 bits per heavy atom. The fourth-order valence-electron chi connectivity index (χ4n) is 3.93. The molecule has 1 aromatic heterocycles. The van der Waals surface area contributed by atoms with Gasteiger partial charge in [0.2, 0.25) is 0 Å². The van der Waals surface area contributed by atoms with E-state index in [4.69, 9.17) is 14.0 Å². The van der Waals surface area contributed by atoms with Crippen LogP contribution in [0.25, 0.3) is 22.1 Å². The molecule has 0 saturated heterocycles. The molecule has 3 aromatic carbocycles. The van der Waals surface area contributed by atoms with Crippen molar-refractivity contribution in [1.82, 2.24) is 5.16 Å². The summed E-state index contributed by atoms with van der Waals surface area (Å²) in [6, 6.07) is 21.1. The first-order valence-corrected chi connectivity index (χ1v) is 11.6. The molecule has 1 fully saturated rings. The third-order valence-corrected chi connectivity index (χ3v) is 6.18. The minimum Gasteiger partial charge on any atom is -0.468 e. The number of nitrogens with zero attached hydrogens (tertiary/aromatic N) is 1. The number of rotatable bonds is 5. The Balaban J connectivity index is 1.34. The van der Waals surface area contributed by atoms with Crippen molar-refractivity contribution in [1.29, 1.82) is 0 Å². The summed E-state index contributed by atoms with van der Waals surface area (Å²) in [7, 11) is 1.39. The highest BCUT2D eigenvalue weighted by molar-refractivity contribution is 5.94. The van der Waals surface area contributed by atoms with Gasteiger partial charge in [-0.25, -0.2) is 4.79 Å². The number of amides is 1. The van der Waals surface area contributed by atoms with Gasteiger partial charge < -0.3 is 14.0 Å². The van der Waals surface area contributed by atoms with E-state index in [1.807, 2.05) is 66.7 Å². The molecule has 0 aliphatic heterocycles. The van der Waals surface area contributed by atoms with Crippen LogP contribution in [0.15, 0.2) is 71.3 Å². The van der Waals surface area contributed by atoms with E-state index < -0.39 is 11.5 Å². The second-order valence-electron chi connectivity index (χ2n) is 8.76. The van der Waals surface area contributed by atoms with Gasteiger partial charge in [0.1, 0.15) is 23.4 Å². The predicted molar refractivity (Wildman–Crippen MR) is 135 cm³/mol. The third kappa shape index (κ3) is 4.80. The lowest BCUT2D eigenvalue weighted by atomic mass is 10.0. The number of carbonyl (C=O) groups excluding carboxylic acids is 2. The molecule has 1 saturated carbocycles. The lowest BCUT2D eigenvalue weighted by Gasteiger charge is -2.08. The summed E-state index contributed by atoms with van der Waals surface area (Å²) < 4.78 is 15.8. The van der Waals surface area contributed by atoms with Crippen molar-refractivity contribution in [2.75, 3.05) is 12.4 Å². The summed E-state index contributed by atoms with van der Waals surface area (Å²) in [4.78, 5) is 24.3. The maximum atomic E-state index is 12.4. The molecule has 1 amide bonds. The van der Waals surface area contributed by atoms with Crippen LogP contribution in [0.5, 0.6) is 0 Å². The van der Waals surface area contributed by atoms with Crippen LogP contribution in [-0.4, -0.2) is 24.3 Å². The van der Waals surface area contributed by atoms with Crippen molar-refractivity contribution in [3.8, 4) is 23.2 Å². The topological polar surface area (TPSA) is 90.7 Å². The number of nitrogens with one attached hydrogen (secondary N) is 1. The zero-order chi connectivity index (χ0) is 25.1. The van der Waals surface area contributed by atoms with Gasteiger partial charge in [-0.3, -0.25) is 10.1 Å². The number of esters is 1. The molecular weight excluding hydrogens is 456 g/mol. The molecule has 0 radical (unpaired) electrons. The Hall–Kier alpha value is -4.57. The molecule has 4 aromatic rings. The summed E-state index contributed by atoms with van der Waals surface area (Å²) in [5.74, 6) is 6.39. The number of aromatic nitrogens is 1. The highest BCUT2D eigenvalue weighted by atomic mass is 16.5. The van der Waals surface area contributed by atoms with E-state index in [0.717, 1.165) is 40.3 Å². The zero-order valence-electron chi connectivity index (χ0n) is 20.0. The average molecular weight is 481 g/mol. The number of fused-ring (bicyclic) bond motifs is 1. The zero-order valence-corrected chi connectivity index (χ0v) is 20.0. The molecule has 1 heterocycles. The second kappa shape index (κ2) is 9.59. The van der Waals surface area contributed by atoms with Crippen LogP contribution >= 0.6 is 0 Å². The van der Waals surface area contributed by atoms with Crippen LogP contribution < -0.4 is 5.32 Å². The monoisotopic (exact) mass is 480 g/mol. The fourth-order valence-corrected chi connectivity index (χ4v) is 3.93. The molecule has 7 nitrogen and oxygen atoms in total. The molecular formula is C29H24N2O5. The number of aryl methyl sites for hydroxylation is 1. The number of anilines is 1. The Kier molecular flexibility index (Phi) is 6.17. The molecule has 36 heavy (non-hydrogen) atoms. The standard InChI is InChI=1S/C29H24N2O5/c1-19-25(30-28(33)35-18-21-6-4-3-5-7-21)26(36-31-19)24-11-10-22-16-20(8-9-23(22)17-24)12-13-29(14-15-29)27(32)34-2/h3-11,16-17H,14-15,18H2,1-2H3,(H,30,33). The van der Waals surface area contributed by atoms with Gasteiger partial charge in [0.05, 0.1) is 7.11 Å². The van der Waals surface area contributed by atoms with Gasteiger partial charge in [0, 0.05) is 11.1 Å². The van der Waals surface area contributed by atoms with Crippen molar-refractivity contribution in [3.05, 3.63) is 83.6 Å². The maximum Gasteiger partial charge on any atom is 0.412 e. The Morgan fingerprint density at radius 1 is 1.06 bits per heavy atom. The van der Waals surface area contributed by atoms with Gasteiger partial charge in [-0.05, 0) is 54.3 Å². The normalized spacial score (nSPS) is 13.4. The van der Waals surface area contributed by atoms with Gasteiger partial charge >= 0.3 is 12.1 Å². The first kappa shape index (κ1) is 23.2. The summed E-state index contributed by atoms with van der Waals surface area (Å²) >= 11 is 0. The molecule has 5 rings (SSSR count). The molecule has 0 unspecified atom stereocenters. The molecule has 0 spiro atoms. The number of benzene rings is 3. The molecule has 180 valence electrons. The second-order valence-corrected chi connectivity index (χ2v) is 8.76. The number of hydrogen-bond acceptors (Lipinski definition) is 6. The molecule has 1 aliphatic rings. The van der Waals surface area contributed by atoms with Gasteiger partial charge in [-0.1, -0.05) is 65.5 Å². The lowest BCUT2D eigenvalue weighted by Crippen LogP contribution is -2.15. The minimum atomic E-state index is -0.649. The summed E-state index contributed by atoms with van der Waals surface area (Å²) in [6.45, 7) is 1.92. The van der Waals surface area contributed by atoms with Crippen LogP contribution in [0, 0.1) is 24.2 Å². The number of hydrogen-bond donors (Lipinski definition) is 1. The number of carbonyl (C=O) groups is 2. The predicted octanol–water partition coefficient (Wildman–Crippen LogP) is 5.86. The van der Waals surface area contributed by atoms with E-state index in [0.29, 0.717) is 17.1 Å². The van der Waals surface area contributed by atoms with Crippen molar-refractivity contribution in [2.45, 2.75) is 26.4 Å². The number of ether oxygens (including phenoxy) is 2. The van der Waals surface area contributed by atoms with Crippen LogP contribution in [0.2, 0.25) is 0 Å². The summed E-state index contributed by atoms with van der Waals surface area (Å²) in [5, 5.41) is 8.75. The van der Waals surface area contributed by atoms with E-state index in [2.05, 4.69) is 22.3 Å². The molecule has 1 N–H and O–H groups in total. The van der Waals surface area contributed by atoms with Crippen molar-refractivity contribution in [2.24, 2.45) is 5.41 Å². The minimum absolute atomic E-state index is 0.161. The Morgan fingerprint density at radius 3 is 2.56 bits per heavy atom. The largest absolute Gasteiger partial charge is 0.468 e. The van der Waals surface area contributed by atoms with E-state index in [1.165, 1.54) is 7.11 Å².